The maximum atomic E-state index is 10.2. The lowest BCUT2D eigenvalue weighted by molar-refractivity contribution is 0.146. The molecule has 0 amide bonds. The topological polar surface area (TPSA) is 47.9 Å². The van der Waals surface area contributed by atoms with Crippen LogP contribution in [0.4, 0.5) is 0 Å². The summed E-state index contributed by atoms with van der Waals surface area (Å²) >= 11 is 5.63. The summed E-state index contributed by atoms with van der Waals surface area (Å²) < 4.78 is 10.2. The lowest BCUT2D eigenvalue weighted by atomic mass is 10.2. The number of rotatable bonds is 6. The molecular formula is C10H12ClNO3. The molecule has 0 saturated heterocycles. The van der Waals surface area contributed by atoms with E-state index in [0.717, 1.165) is 0 Å². The van der Waals surface area contributed by atoms with E-state index >= 15 is 0 Å². The molecule has 0 bridgehead atoms. The van der Waals surface area contributed by atoms with Gasteiger partial charge in [-0.15, -0.1) is 4.91 Å². The number of benzene rings is 1. The Bertz CT molecular complexity index is 302. The molecule has 82 valence electrons. The summed E-state index contributed by atoms with van der Waals surface area (Å²) in [5.74, 6) is 0.713. The summed E-state index contributed by atoms with van der Waals surface area (Å²) in [4.78, 5) is 10.2. The molecule has 0 spiro atoms. The van der Waals surface area contributed by atoms with E-state index in [-0.39, 0.29) is 0 Å². The van der Waals surface area contributed by atoms with E-state index in [0.29, 0.717) is 24.5 Å². The molecular weight excluding hydrogens is 218 g/mol. The average Bonchev–Trinajstić information content (AvgIpc) is 2.29. The van der Waals surface area contributed by atoms with Crippen LogP contribution in [0.1, 0.15) is 11.1 Å². The molecule has 1 aromatic rings. The largest absolute Gasteiger partial charge is 0.491 e. The molecule has 0 aliphatic heterocycles. The fraction of sp³-hybridized carbons (Fsp3) is 0.400. The third-order valence-corrected chi connectivity index (χ3v) is 2.14. The number of nitroso groups, excluding NO2 is 1. The first-order valence-electron chi connectivity index (χ1n) is 4.46. The van der Waals surface area contributed by atoms with E-state index in [1.807, 2.05) is 0 Å². The van der Waals surface area contributed by atoms with E-state index in [1.165, 1.54) is 0 Å². The van der Waals surface area contributed by atoms with Gasteiger partial charge in [-0.25, -0.2) is 0 Å². The van der Waals surface area contributed by atoms with Crippen molar-refractivity contribution >= 4 is 11.6 Å². The molecule has 4 nitrogen and oxygen atoms in total. The minimum atomic E-state index is -0.835. The van der Waals surface area contributed by atoms with Crippen molar-refractivity contribution in [2.45, 2.75) is 5.50 Å². The van der Waals surface area contributed by atoms with Gasteiger partial charge in [0.05, 0.1) is 6.61 Å². The fourth-order valence-electron chi connectivity index (χ4n) is 1.03. The minimum absolute atomic E-state index is 0.492. The summed E-state index contributed by atoms with van der Waals surface area (Å²) in [5, 5.41) is 2.72. The van der Waals surface area contributed by atoms with Crippen molar-refractivity contribution in [1.82, 2.24) is 0 Å². The highest BCUT2D eigenvalue weighted by atomic mass is 35.5. The Morgan fingerprint density at radius 1 is 1.33 bits per heavy atom. The van der Waals surface area contributed by atoms with Gasteiger partial charge in [0, 0.05) is 7.11 Å². The molecule has 0 radical (unpaired) electrons. The van der Waals surface area contributed by atoms with Crippen molar-refractivity contribution in [2.75, 3.05) is 20.3 Å². The van der Waals surface area contributed by atoms with Crippen LogP contribution in [0.2, 0.25) is 0 Å². The Labute approximate surface area is 93.1 Å². The van der Waals surface area contributed by atoms with Crippen LogP contribution in [0.25, 0.3) is 0 Å². The van der Waals surface area contributed by atoms with Gasteiger partial charge in [0.1, 0.15) is 12.4 Å². The first-order chi connectivity index (χ1) is 7.27. The zero-order chi connectivity index (χ0) is 11.1. The van der Waals surface area contributed by atoms with Gasteiger partial charge in [0.25, 0.3) is 0 Å². The summed E-state index contributed by atoms with van der Waals surface area (Å²) in [6, 6.07) is 6.90. The highest BCUT2D eigenvalue weighted by Gasteiger charge is 2.06. The zero-order valence-corrected chi connectivity index (χ0v) is 9.11. The third-order valence-electron chi connectivity index (χ3n) is 1.80. The molecule has 1 unspecified atom stereocenters. The molecule has 0 heterocycles. The van der Waals surface area contributed by atoms with Gasteiger partial charge in [-0.2, -0.15) is 0 Å². The lowest BCUT2D eigenvalue weighted by Crippen LogP contribution is -2.04. The Kier molecular flexibility index (Phi) is 5.07. The van der Waals surface area contributed by atoms with Crippen LogP contribution in [0.15, 0.2) is 29.4 Å². The number of hydrogen-bond donors (Lipinski definition) is 0. The molecule has 1 rings (SSSR count). The van der Waals surface area contributed by atoms with Crippen LogP contribution in [0.5, 0.6) is 5.75 Å². The highest BCUT2D eigenvalue weighted by molar-refractivity contribution is 6.20. The maximum Gasteiger partial charge on any atom is 0.190 e. The van der Waals surface area contributed by atoms with Crippen LogP contribution in [0.3, 0.4) is 0 Å². The standard InChI is InChI=1S/C10H12ClNO3/c1-14-6-7-15-9-4-2-8(3-5-9)10(11)12-13/h2-5,10H,6-7H2,1H3. The molecule has 0 aromatic heterocycles. The Morgan fingerprint density at radius 2 is 2.00 bits per heavy atom. The van der Waals surface area contributed by atoms with Crippen molar-refractivity contribution in [3.05, 3.63) is 34.7 Å². The SMILES string of the molecule is COCCOc1ccc(C(Cl)N=O)cc1. The van der Waals surface area contributed by atoms with Crippen molar-refractivity contribution in [3.8, 4) is 5.75 Å². The van der Waals surface area contributed by atoms with Gasteiger partial charge < -0.3 is 9.47 Å². The Morgan fingerprint density at radius 3 is 2.53 bits per heavy atom. The average molecular weight is 230 g/mol. The van der Waals surface area contributed by atoms with Gasteiger partial charge >= 0.3 is 0 Å². The minimum Gasteiger partial charge on any atom is -0.491 e. The van der Waals surface area contributed by atoms with E-state index < -0.39 is 5.50 Å². The van der Waals surface area contributed by atoms with Crippen molar-refractivity contribution in [3.63, 3.8) is 0 Å². The summed E-state index contributed by atoms with van der Waals surface area (Å²) in [7, 11) is 1.61. The monoisotopic (exact) mass is 229 g/mol. The second kappa shape index (κ2) is 6.37. The maximum absolute atomic E-state index is 10.2. The summed E-state index contributed by atoms with van der Waals surface area (Å²) in [6.45, 7) is 1.03. The number of halogens is 1. The zero-order valence-electron chi connectivity index (χ0n) is 8.35. The summed E-state index contributed by atoms with van der Waals surface area (Å²) in [5.41, 5.74) is -0.177. The summed E-state index contributed by atoms with van der Waals surface area (Å²) in [6.07, 6.45) is 0. The molecule has 5 heteroatoms. The normalized spacial score (nSPS) is 12.1. The smallest absolute Gasteiger partial charge is 0.190 e. The molecule has 0 N–H and O–H groups in total. The van der Waals surface area contributed by atoms with Gasteiger partial charge in [-0.1, -0.05) is 23.7 Å². The van der Waals surface area contributed by atoms with Gasteiger partial charge in [0.2, 0.25) is 0 Å². The molecule has 1 atom stereocenters. The number of ether oxygens (including phenoxy) is 2. The second-order valence-electron chi connectivity index (χ2n) is 2.85. The molecule has 15 heavy (non-hydrogen) atoms. The quantitative estimate of drug-likeness (QED) is 0.326. The Hall–Kier alpha value is -1.13. The second-order valence-corrected chi connectivity index (χ2v) is 3.26. The van der Waals surface area contributed by atoms with Crippen LogP contribution >= 0.6 is 11.6 Å². The van der Waals surface area contributed by atoms with Crippen LogP contribution < -0.4 is 4.74 Å². The fourth-order valence-corrected chi connectivity index (χ4v) is 1.17. The number of methoxy groups -OCH3 is 1. The van der Waals surface area contributed by atoms with Gasteiger partial charge in [-0.3, -0.25) is 0 Å². The molecule has 0 saturated carbocycles. The number of nitrogens with zero attached hydrogens (tertiary/aromatic N) is 1. The molecule has 0 fully saturated rings. The van der Waals surface area contributed by atoms with Crippen molar-refractivity contribution in [2.24, 2.45) is 5.18 Å². The first-order valence-corrected chi connectivity index (χ1v) is 4.90. The first kappa shape index (κ1) is 11.9. The number of hydrogen-bond acceptors (Lipinski definition) is 4. The highest BCUT2D eigenvalue weighted by Crippen LogP contribution is 2.23. The van der Waals surface area contributed by atoms with Crippen LogP contribution in [-0.4, -0.2) is 20.3 Å². The van der Waals surface area contributed by atoms with E-state index in [2.05, 4.69) is 5.18 Å². The van der Waals surface area contributed by atoms with Crippen LogP contribution in [-0.2, 0) is 4.74 Å². The Balaban J connectivity index is 2.52. The lowest BCUT2D eigenvalue weighted by Gasteiger charge is -2.06. The van der Waals surface area contributed by atoms with Crippen molar-refractivity contribution in [1.29, 1.82) is 0 Å². The number of alkyl halides is 1. The van der Waals surface area contributed by atoms with E-state index in [4.69, 9.17) is 21.1 Å². The molecule has 0 aliphatic rings. The molecule has 0 aliphatic carbocycles. The van der Waals surface area contributed by atoms with Crippen molar-refractivity contribution < 1.29 is 9.47 Å². The van der Waals surface area contributed by atoms with Crippen LogP contribution in [0, 0.1) is 4.91 Å². The molecule has 1 aromatic carbocycles. The van der Waals surface area contributed by atoms with E-state index in [1.54, 1.807) is 31.4 Å². The third kappa shape index (κ3) is 3.85. The van der Waals surface area contributed by atoms with Gasteiger partial charge in [-0.05, 0) is 22.9 Å². The van der Waals surface area contributed by atoms with Gasteiger partial charge in [0.15, 0.2) is 5.50 Å². The predicted molar refractivity (Wildman–Crippen MR) is 58.2 cm³/mol. The predicted octanol–water partition coefficient (Wildman–Crippen LogP) is 2.72. The van der Waals surface area contributed by atoms with E-state index in [9.17, 15) is 4.91 Å².